The van der Waals surface area contributed by atoms with E-state index in [0.29, 0.717) is 11.5 Å². The number of carbonyl (C=O) groups is 1. The number of anilines is 1. The first kappa shape index (κ1) is 11.5. The molecule has 82 valence electrons. The minimum Gasteiger partial charge on any atom is -0.384 e. The zero-order chi connectivity index (χ0) is 11.5. The molecular formula is C11H17N3O. The lowest BCUT2D eigenvalue weighted by molar-refractivity contribution is 0.0906. The van der Waals surface area contributed by atoms with Crippen LogP contribution in [0.2, 0.25) is 0 Å². The molecule has 1 amide bonds. The van der Waals surface area contributed by atoms with Gasteiger partial charge in [0.1, 0.15) is 11.5 Å². The summed E-state index contributed by atoms with van der Waals surface area (Å²) in [7, 11) is 0. The van der Waals surface area contributed by atoms with Crippen molar-refractivity contribution in [3.8, 4) is 0 Å². The highest BCUT2D eigenvalue weighted by atomic mass is 16.2. The van der Waals surface area contributed by atoms with Gasteiger partial charge >= 0.3 is 0 Å². The van der Waals surface area contributed by atoms with E-state index in [4.69, 9.17) is 5.73 Å². The predicted octanol–water partition coefficient (Wildman–Crippen LogP) is 1.58. The van der Waals surface area contributed by atoms with Gasteiger partial charge < -0.3 is 11.1 Å². The van der Waals surface area contributed by atoms with Crippen LogP contribution in [0.5, 0.6) is 0 Å². The van der Waals surface area contributed by atoms with Gasteiger partial charge in [-0.2, -0.15) is 0 Å². The number of nitrogens with two attached hydrogens (primary N) is 1. The van der Waals surface area contributed by atoms with Gasteiger partial charge in [-0.1, -0.05) is 13.0 Å². The minimum atomic E-state index is -0.219. The topological polar surface area (TPSA) is 68.0 Å². The van der Waals surface area contributed by atoms with E-state index in [-0.39, 0.29) is 11.4 Å². The molecule has 0 saturated carbocycles. The third kappa shape index (κ3) is 3.23. The molecule has 0 aromatic carbocycles. The summed E-state index contributed by atoms with van der Waals surface area (Å²) in [5.41, 5.74) is 5.64. The van der Waals surface area contributed by atoms with Crippen molar-refractivity contribution in [3.63, 3.8) is 0 Å². The van der Waals surface area contributed by atoms with Crippen LogP contribution < -0.4 is 11.1 Å². The molecule has 0 aliphatic carbocycles. The van der Waals surface area contributed by atoms with Crippen molar-refractivity contribution < 1.29 is 4.79 Å². The van der Waals surface area contributed by atoms with Crippen LogP contribution in [-0.2, 0) is 0 Å². The number of aromatic nitrogens is 1. The second kappa shape index (κ2) is 4.29. The lowest BCUT2D eigenvalue weighted by Gasteiger charge is -2.24. The number of nitrogens with zero attached hydrogens (tertiary/aromatic N) is 1. The number of rotatable bonds is 3. The smallest absolute Gasteiger partial charge is 0.270 e. The van der Waals surface area contributed by atoms with Gasteiger partial charge in [-0.3, -0.25) is 4.79 Å². The highest BCUT2D eigenvalue weighted by molar-refractivity contribution is 5.93. The van der Waals surface area contributed by atoms with Gasteiger partial charge in [0, 0.05) is 5.54 Å². The molecule has 0 unspecified atom stereocenters. The third-order valence-electron chi connectivity index (χ3n) is 2.34. The monoisotopic (exact) mass is 207 g/mol. The Balaban J connectivity index is 2.78. The van der Waals surface area contributed by atoms with Crippen molar-refractivity contribution in [1.29, 1.82) is 0 Å². The van der Waals surface area contributed by atoms with Crippen molar-refractivity contribution in [3.05, 3.63) is 23.9 Å². The van der Waals surface area contributed by atoms with E-state index in [2.05, 4.69) is 10.3 Å². The fourth-order valence-corrected chi connectivity index (χ4v) is 1.04. The molecule has 1 aromatic heterocycles. The Morgan fingerprint density at radius 2 is 2.20 bits per heavy atom. The Hall–Kier alpha value is -1.58. The Morgan fingerprint density at radius 1 is 1.53 bits per heavy atom. The lowest BCUT2D eigenvalue weighted by Crippen LogP contribution is -2.43. The van der Waals surface area contributed by atoms with Crippen LogP contribution in [-0.4, -0.2) is 16.4 Å². The third-order valence-corrected chi connectivity index (χ3v) is 2.34. The second-order valence-electron chi connectivity index (χ2n) is 4.14. The van der Waals surface area contributed by atoms with Gasteiger partial charge in [0.25, 0.3) is 5.91 Å². The van der Waals surface area contributed by atoms with Gasteiger partial charge in [0.15, 0.2) is 0 Å². The molecule has 0 saturated heterocycles. The van der Waals surface area contributed by atoms with E-state index < -0.39 is 0 Å². The summed E-state index contributed by atoms with van der Waals surface area (Å²) in [4.78, 5) is 15.7. The molecule has 4 heteroatoms. The average Bonchev–Trinajstić information content (AvgIpc) is 2.17. The van der Waals surface area contributed by atoms with Gasteiger partial charge in [-0.15, -0.1) is 0 Å². The molecule has 1 aromatic rings. The van der Waals surface area contributed by atoms with Gasteiger partial charge in [0.05, 0.1) is 0 Å². The minimum absolute atomic E-state index is 0.186. The zero-order valence-corrected chi connectivity index (χ0v) is 9.37. The first-order valence-electron chi connectivity index (χ1n) is 4.99. The molecule has 3 N–H and O–H groups in total. The van der Waals surface area contributed by atoms with Crippen molar-refractivity contribution in [1.82, 2.24) is 10.3 Å². The quantitative estimate of drug-likeness (QED) is 0.790. The molecule has 0 fully saturated rings. The number of amides is 1. The van der Waals surface area contributed by atoms with Crippen molar-refractivity contribution in [2.24, 2.45) is 0 Å². The van der Waals surface area contributed by atoms with Crippen molar-refractivity contribution >= 4 is 11.7 Å². The Labute approximate surface area is 89.9 Å². The number of nitrogen functional groups attached to an aromatic ring is 1. The largest absolute Gasteiger partial charge is 0.384 e. The SMILES string of the molecule is CCC(C)(C)NC(=O)c1cccc(N)n1. The Morgan fingerprint density at radius 3 is 2.73 bits per heavy atom. The van der Waals surface area contributed by atoms with Gasteiger partial charge in [-0.25, -0.2) is 4.98 Å². The summed E-state index contributed by atoms with van der Waals surface area (Å²) in [5, 5.41) is 2.89. The standard InChI is InChI=1S/C11H17N3O/c1-4-11(2,3)14-10(15)8-6-5-7-9(12)13-8/h5-7H,4H2,1-3H3,(H2,12,13)(H,14,15). The molecule has 4 nitrogen and oxygen atoms in total. The maximum absolute atomic E-state index is 11.7. The molecule has 15 heavy (non-hydrogen) atoms. The molecule has 0 aliphatic heterocycles. The zero-order valence-electron chi connectivity index (χ0n) is 9.37. The van der Waals surface area contributed by atoms with Crippen LogP contribution in [0.15, 0.2) is 18.2 Å². The molecule has 0 radical (unpaired) electrons. The van der Waals surface area contributed by atoms with Crippen LogP contribution >= 0.6 is 0 Å². The van der Waals surface area contributed by atoms with Crippen LogP contribution in [0.25, 0.3) is 0 Å². The van der Waals surface area contributed by atoms with Crippen LogP contribution in [0.3, 0.4) is 0 Å². The number of hydrogen-bond donors (Lipinski definition) is 2. The van der Waals surface area contributed by atoms with Crippen molar-refractivity contribution in [2.75, 3.05) is 5.73 Å². The summed E-state index contributed by atoms with van der Waals surface area (Å²) in [6, 6.07) is 5.02. The van der Waals surface area contributed by atoms with Crippen LogP contribution in [0, 0.1) is 0 Å². The Bertz CT molecular complexity index is 361. The maximum Gasteiger partial charge on any atom is 0.270 e. The summed E-state index contributed by atoms with van der Waals surface area (Å²) in [6.07, 6.45) is 0.862. The average molecular weight is 207 g/mol. The first-order valence-corrected chi connectivity index (χ1v) is 4.99. The van der Waals surface area contributed by atoms with E-state index >= 15 is 0 Å². The summed E-state index contributed by atoms with van der Waals surface area (Å²) >= 11 is 0. The van der Waals surface area contributed by atoms with E-state index in [0.717, 1.165) is 6.42 Å². The van der Waals surface area contributed by atoms with E-state index in [1.54, 1.807) is 18.2 Å². The maximum atomic E-state index is 11.7. The first-order chi connectivity index (χ1) is 6.94. The molecular weight excluding hydrogens is 190 g/mol. The normalized spacial score (nSPS) is 11.1. The number of hydrogen-bond acceptors (Lipinski definition) is 3. The van der Waals surface area contributed by atoms with Gasteiger partial charge in [0.2, 0.25) is 0 Å². The summed E-state index contributed by atoms with van der Waals surface area (Å²) in [5.74, 6) is 0.172. The number of carbonyl (C=O) groups excluding carboxylic acids is 1. The molecule has 0 bridgehead atoms. The van der Waals surface area contributed by atoms with E-state index in [1.165, 1.54) is 0 Å². The fraction of sp³-hybridized carbons (Fsp3) is 0.455. The van der Waals surface area contributed by atoms with Gasteiger partial charge in [-0.05, 0) is 32.4 Å². The van der Waals surface area contributed by atoms with Crippen molar-refractivity contribution in [2.45, 2.75) is 32.7 Å². The van der Waals surface area contributed by atoms with Crippen LogP contribution in [0.1, 0.15) is 37.7 Å². The number of nitrogens with one attached hydrogen (secondary N) is 1. The molecule has 0 spiro atoms. The lowest BCUT2D eigenvalue weighted by atomic mass is 10.0. The fourth-order valence-electron chi connectivity index (χ4n) is 1.04. The van der Waals surface area contributed by atoms with E-state index in [9.17, 15) is 4.79 Å². The summed E-state index contributed by atoms with van der Waals surface area (Å²) in [6.45, 7) is 5.96. The second-order valence-corrected chi connectivity index (χ2v) is 4.14. The molecule has 1 rings (SSSR count). The highest BCUT2D eigenvalue weighted by Crippen LogP contribution is 2.09. The van der Waals surface area contributed by atoms with E-state index in [1.807, 2.05) is 20.8 Å². The molecule has 1 heterocycles. The highest BCUT2D eigenvalue weighted by Gasteiger charge is 2.19. The number of pyridine rings is 1. The predicted molar refractivity (Wildman–Crippen MR) is 60.5 cm³/mol. The van der Waals surface area contributed by atoms with Crippen LogP contribution in [0.4, 0.5) is 5.82 Å². The Kier molecular flexibility index (Phi) is 3.29. The summed E-state index contributed by atoms with van der Waals surface area (Å²) < 4.78 is 0. The molecule has 0 atom stereocenters. The molecule has 0 aliphatic rings.